The third-order valence-corrected chi connectivity index (χ3v) is 2.96. The lowest BCUT2D eigenvalue weighted by molar-refractivity contribution is 0.0997. The van der Waals surface area contributed by atoms with Crippen LogP contribution in [0.4, 0.5) is 0 Å². The summed E-state index contributed by atoms with van der Waals surface area (Å²) in [5.41, 5.74) is 6.30. The molecule has 92 valence electrons. The van der Waals surface area contributed by atoms with Gasteiger partial charge in [0.15, 0.2) is 0 Å². The zero-order chi connectivity index (χ0) is 13.1. The Morgan fingerprint density at radius 3 is 2.67 bits per heavy atom. The van der Waals surface area contributed by atoms with Crippen LogP contribution in [0.2, 0.25) is 0 Å². The Bertz CT molecular complexity index is 599. The third kappa shape index (κ3) is 2.68. The zero-order valence-corrected chi connectivity index (χ0v) is 11.3. The molecule has 0 fully saturated rings. The average Bonchev–Trinajstić information content (AvgIpc) is 2.32. The molecule has 1 heterocycles. The fraction of sp³-hybridized carbons (Fsp3) is 0.0769. The molecule has 0 aliphatic carbocycles. The first-order valence-electron chi connectivity index (χ1n) is 5.28. The molecular formula is C13H11BrN2O2. The minimum Gasteiger partial charge on any atom is -0.437 e. The number of halogens is 1. The molecule has 0 bridgehead atoms. The fourth-order valence-corrected chi connectivity index (χ4v) is 1.80. The van der Waals surface area contributed by atoms with E-state index >= 15 is 0 Å². The lowest BCUT2D eigenvalue weighted by Crippen LogP contribution is -2.13. The van der Waals surface area contributed by atoms with Crippen molar-refractivity contribution in [3.05, 3.63) is 52.1 Å². The van der Waals surface area contributed by atoms with Crippen LogP contribution in [0.1, 0.15) is 16.1 Å². The molecule has 0 aliphatic rings. The van der Waals surface area contributed by atoms with E-state index in [0.29, 0.717) is 5.75 Å². The van der Waals surface area contributed by atoms with E-state index in [1.54, 1.807) is 18.2 Å². The summed E-state index contributed by atoms with van der Waals surface area (Å²) in [6.07, 6.45) is 0. The maximum atomic E-state index is 11.3. The van der Waals surface area contributed by atoms with Gasteiger partial charge in [0.1, 0.15) is 11.3 Å². The normalized spacial score (nSPS) is 10.1. The quantitative estimate of drug-likeness (QED) is 0.948. The highest BCUT2D eigenvalue weighted by Crippen LogP contribution is 2.29. The maximum absolute atomic E-state index is 11.3. The molecule has 0 saturated carbocycles. The van der Waals surface area contributed by atoms with E-state index < -0.39 is 5.91 Å². The van der Waals surface area contributed by atoms with Crippen LogP contribution in [0.25, 0.3) is 0 Å². The number of rotatable bonds is 3. The van der Waals surface area contributed by atoms with Gasteiger partial charge in [-0.05, 0) is 47.1 Å². The summed E-state index contributed by atoms with van der Waals surface area (Å²) in [5.74, 6) is 0.233. The van der Waals surface area contributed by atoms with Crippen LogP contribution in [-0.4, -0.2) is 10.9 Å². The van der Waals surface area contributed by atoms with Crippen LogP contribution in [0, 0.1) is 6.92 Å². The lowest BCUT2D eigenvalue weighted by atomic mass is 10.2. The number of nitrogens with zero attached hydrogens (tertiary/aromatic N) is 1. The molecule has 0 aliphatic heterocycles. The van der Waals surface area contributed by atoms with E-state index in [2.05, 4.69) is 20.9 Å². The third-order valence-electron chi connectivity index (χ3n) is 2.31. The van der Waals surface area contributed by atoms with Crippen molar-refractivity contribution in [2.45, 2.75) is 6.92 Å². The number of amides is 1. The molecule has 0 unspecified atom stereocenters. The highest BCUT2D eigenvalue weighted by Gasteiger charge is 2.13. The Labute approximate surface area is 113 Å². The van der Waals surface area contributed by atoms with Gasteiger partial charge in [0.25, 0.3) is 5.91 Å². The SMILES string of the molecule is Cc1ccc(C(N)=O)c(Oc2ccccc2Br)n1. The molecule has 0 spiro atoms. The smallest absolute Gasteiger partial charge is 0.254 e. The number of aryl methyl sites for hydroxylation is 1. The van der Waals surface area contributed by atoms with Gasteiger partial charge in [-0.2, -0.15) is 0 Å². The number of pyridine rings is 1. The highest BCUT2D eigenvalue weighted by atomic mass is 79.9. The monoisotopic (exact) mass is 306 g/mol. The Morgan fingerprint density at radius 1 is 1.28 bits per heavy atom. The molecule has 1 aromatic heterocycles. The molecular weight excluding hydrogens is 296 g/mol. The molecule has 0 saturated heterocycles. The van der Waals surface area contributed by atoms with E-state index in [0.717, 1.165) is 10.2 Å². The average molecular weight is 307 g/mol. The maximum Gasteiger partial charge on any atom is 0.254 e. The van der Waals surface area contributed by atoms with E-state index in [9.17, 15) is 4.79 Å². The topological polar surface area (TPSA) is 65.2 Å². The second-order valence-electron chi connectivity index (χ2n) is 3.70. The Kier molecular flexibility index (Phi) is 3.62. The van der Waals surface area contributed by atoms with Crippen molar-refractivity contribution in [1.82, 2.24) is 4.98 Å². The first-order chi connectivity index (χ1) is 8.58. The van der Waals surface area contributed by atoms with Crippen LogP contribution in [0.15, 0.2) is 40.9 Å². The molecule has 0 atom stereocenters. The molecule has 1 aromatic carbocycles. The van der Waals surface area contributed by atoms with Crippen LogP contribution in [0.3, 0.4) is 0 Å². The summed E-state index contributed by atoms with van der Waals surface area (Å²) < 4.78 is 6.40. The molecule has 18 heavy (non-hydrogen) atoms. The highest BCUT2D eigenvalue weighted by molar-refractivity contribution is 9.10. The van der Waals surface area contributed by atoms with Crippen LogP contribution in [0.5, 0.6) is 11.6 Å². The number of carbonyl (C=O) groups is 1. The van der Waals surface area contributed by atoms with Gasteiger partial charge < -0.3 is 10.5 Å². The van der Waals surface area contributed by atoms with Gasteiger partial charge in [-0.15, -0.1) is 0 Å². The number of primary amides is 1. The molecule has 2 rings (SSSR count). The van der Waals surface area contributed by atoms with E-state index in [1.807, 2.05) is 25.1 Å². The molecule has 2 N–H and O–H groups in total. The molecule has 2 aromatic rings. The van der Waals surface area contributed by atoms with Crippen molar-refractivity contribution in [3.63, 3.8) is 0 Å². The number of para-hydroxylation sites is 1. The Hall–Kier alpha value is -1.88. The predicted octanol–water partition coefficient (Wildman–Crippen LogP) is 3.04. The summed E-state index contributed by atoms with van der Waals surface area (Å²) in [4.78, 5) is 15.5. The number of aromatic nitrogens is 1. The van der Waals surface area contributed by atoms with Gasteiger partial charge in [0, 0.05) is 5.69 Å². The van der Waals surface area contributed by atoms with Gasteiger partial charge in [-0.25, -0.2) is 4.98 Å². The number of carbonyl (C=O) groups excluding carboxylic acids is 1. The summed E-state index contributed by atoms with van der Waals surface area (Å²) in [6.45, 7) is 1.82. The van der Waals surface area contributed by atoms with E-state index in [-0.39, 0.29) is 11.4 Å². The summed E-state index contributed by atoms with van der Waals surface area (Å²) >= 11 is 3.36. The second kappa shape index (κ2) is 5.18. The van der Waals surface area contributed by atoms with Gasteiger partial charge in [0.05, 0.1) is 4.47 Å². The van der Waals surface area contributed by atoms with E-state index in [4.69, 9.17) is 10.5 Å². The van der Waals surface area contributed by atoms with Crippen molar-refractivity contribution in [1.29, 1.82) is 0 Å². The van der Waals surface area contributed by atoms with Gasteiger partial charge >= 0.3 is 0 Å². The van der Waals surface area contributed by atoms with Gasteiger partial charge in [-0.1, -0.05) is 12.1 Å². The first kappa shape index (κ1) is 12.6. The fourth-order valence-electron chi connectivity index (χ4n) is 1.43. The summed E-state index contributed by atoms with van der Waals surface area (Å²) in [7, 11) is 0. The van der Waals surface area contributed by atoms with Crippen molar-refractivity contribution in [2.75, 3.05) is 0 Å². The number of hydrogen-bond donors (Lipinski definition) is 1. The van der Waals surface area contributed by atoms with Crippen LogP contribution in [-0.2, 0) is 0 Å². The molecule has 4 nitrogen and oxygen atoms in total. The van der Waals surface area contributed by atoms with Crippen molar-refractivity contribution >= 4 is 21.8 Å². The van der Waals surface area contributed by atoms with Gasteiger partial charge in [0.2, 0.25) is 5.88 Å². The van der Waals surface area contributed by atoms with Crippen LogP contribution >= 0.6 is 15.9 Å². The summed E-state index contributed by atoms with van der Waals surface area (Å²) in [5, 5.41) is 0. The molecule has 0 radical (unpaired) electrons. The van der Waals surface area contributed by atoms with Crippen molar-refractivity contribution in [3.8, 4) is 11.6 Å². The number of ether oxygens (including phenoxy) is 1. The number of benzene rings is 1. The minimum atomic E-state index is -0.565. The number of hydrogen-bond acceptors (Lipinski definition) is 3. The first-order valence-corrected chi connectivity index (χ1v) is 6.07. The zero-order valence-electron chi connectivity index (χ0n) is 9.68. The lowest BCUT2D eigenvalue weighted by Gasteiger charge is -2.10. The molecule has 1 amide bonds. The Morgan fingerprint density at radius 2 is 2.00 bits per heavy atom. The summed E-state index contributed by atoms with van der Waals surface area (Å²) in [6, 6.07) is 10.6. The molecule has 5 heteroatoms. The minimum absolute atomic E-state index is 0.217. The van der Waals surface area contributed by atoms with Crippen molar-refractivity contribution < 1.29 is 9.53 Å². The van der Waals surface area contributed by atoms with Crippen molar-refractivity contribution in [2.24, 2.45) is 5.73 Å². The standard InChI is InChI=1S/C13H11BrN2O2/c1-8-6-7-9(12(15)17)13(16-8)18-11-5-3-2-4-10(11)14/h2-7H,1H3,(H2,15,17). The van der Waals surface area contributed by atoms with Gasteiger partial charge in [-0.3, -0.25) is 4.79 Å². The predicted molar refractivity (Wildman–Crippen MR) is 71.7 cm³/mol. The van der Waals surface area contributed by atoms with Crippen LogP contribution < -0.4 is 10.5 Å². The largest absolute Gasteiger partial charge is 0.437 e. The van der Waals surface area contributed by atoms with E-state index in [1.165, 1.54) is 0 Å². The second-order valence-corrected chi connectivity index (χ2v) is 4.56. The number of nitrogens with two attached hydrogens (primary N) is 1. The Balaban J connectivity index is 2.42.